The van der Waals surface area contributed by atoms with Crippen LogP contribution in [0.15, 0.2) is 191 Å². The van der Waals surface area contributed by atoms with Gasteiger partial charge in [-0.2, -0.15) is 0 Å². The molecule has 0 aliphatic carbocycles. The molecule has 0 fully saturated rings. The number of anilines is 3. The molecule has 10 rings (SSSR count). The maximum atomic E-state index is 6.46. The first-order valence-corrected chi connectivity index (χ1v) is 17.4. The molecule has 0 unspecified atom stereocenters. The molecule has 0 saturated heterocycles. The van der Waals surface area contributed by atoms with Crippen molar-refractivity contribution in [1.29, 1.82) is 0 Å². The van der Waals surface area contributed by atoms with Crippen molar-refractivity contribution in [1.82, 2.24) is 0 Å². The Bertz CT molecular complexity index is 2740. The minimum Gasteiger partial charge on any atom is -0.456 e. The van der Waals surface area contributed by atoms with Gasteiger partial charge in [-0.25, -0.2) is 0 Å². The summed E-state index contributed by atoms with van der Waals surface area (Å²) >= 11 is 0. The van der Waals surface area contributed by atoms with E-state index in [2.05, 4.69) is 181 Å². The SMILES string of the molecule is c1ccc(C2=Nc3c(cc4oc5ccccc5c4c3-c3ccc(N(c4ccccc4)c4ccc(-c5cccc6ccccc56)cc4)cc3)C2)cc1. The fraction of sp³-hybridized carbons (Fsp3) is 0.0208. The zero-order valence-electron chi connectivity index (χ0n) is 27.8. The van der Waals surface area contributed by atoms with Crippen LogP contribution in [0.5, 0.6) is 0 Å². The molecule has 2 heterocycles. The van der Waals surface area contributed by atoms with Crippen molar-refractivity contribution >= 4 is 61.2 Å². The van der Waals surface area contributed by atoms with E-state index in [4.69, 9.17) is 9.41 Å². The summed E-state index contributed by atoms with van der Waals surface area (Å²) in [4.78, 5) is 7.62. The Morgan fingerprint density at radius 1 is 0.471 bits per heavy atom. The summed E-state index contributed by atoms with van der Waals surface area (Å²) in [5.41, 5.74) is 14.2. The maximum Gasteiger partial charge on any atom is 0.136 e. The molecule has 51 heavy (non-hydrogen) atoms. The molecule has 9 aromatic rings. The smallest absolute Gasteiger partial charge is 0.136 e. The molecular weight excluding hydrogens is 621 g/mol. The molecule has 3 heteroatoms. The van der Waals surface area contributed by atoms with E-state index in [1.54, 1.807) is 0 Å². The first-order valence-electron chi connectivity index (χ1n) is 17.4. The molecule has 1 aliphatic rings. The van der Waals surface area contributed by atoms with Gasteiger partial charge in [0.1, 0.15) is 11.2 Å². The summed E-state index contributed by atoms with van der Waals surface area (Å²) in [6, 6.07) is 64.5. The van der Waals surface area contributed by atoms with E-state index in [1.165, 1.54) is 27.5 Å². The number of nitrogens with zero attached hydrogens (tertiary/aromatic N) is 2. The van der Waals surface area contributed by atoms with Crippen LogP contribution in [0, 0.1) is 0 Å². The second-order valence-electron chi connectivity index (χ2n) is 13.1. The molecule has 240 valence electrons. The van der Waals surface area contributed by atoms with Crippen molar-refractivity contribution in [3.63, 3.8) is 0 Å². The highest BCUT2D eigenvalue weighted by Gasteiger charge is 2.25. The van der Waals surface area contributed by atoms with Crippen LogP contribution in [-0.4, -0.2) is 5.71 Å². The van der Waals surface area contributed by atoms with Crippen LogP contribution in [-0.2, 0) is 6.42 Å². The lowest BCUT2D eigenvalue weighted by atomic mass is 9.94. The van der Waals surface area contributed by atoms with Crippen molar-refractivity contribution in [3.05, 3.63) is 193 Å². The molecule has 3 nitrogen and oxygen atoms in total. The third kappa shape index (κ3) is 5.02. The molecule has 1 aliphatic heterocycles. The summed E-state index contributed by atoms with van der Waals surface area (Å²) in [6.45, 7) is 0. The zero-order chi connectivity index (χ0) is 33.7. The van der Waals surface area contributed by atoms with Crippen molar-refractivity contribution in [2.45, 2.75) is 6.42 Å². The average molecular weight is 653 g/mol. The Morgan fingerprint density at radius 3 is 1.84 bits per heavy atom. The van der Waals surface area contributed by atoms with Gasteiger partial charge in [-0.05, 0) is 87.1 Å². The number of para-hydroxylation sites is 2. The molecule has 1 aromatic heterocycles. The molecule has 0 N–H and O–H groups in total. The number of fused-ring (bicyclic) bond motifs is 5. The Balaban J connectivity index is 1.09. The van der Waals surface area contributed by atoms with Gasteiger partial charge in [-0.3, -0.25) is 4.99 Å². The maximum absolute atomic E-state index is 6.46. The van der Waals surface area contributed by atoms with Gasteiger partial charge in [-0.1, -0.05) is 133 Å². The minimum absolute atomic E-state index is 0.772. The highest BCUT2D eigenvalue weighted by Crippen LogP contribution is 2.48. The van der Waals surface area contributed by atoms with Crippen LogP contribution in [0.3, 0.4) is 0 Å². The van der Waals surface area contributed by atoms with Crippen LogP contribution in [0.4, 0.5) is 22.7 Å². The summed E-state index contributed by atoms with van der Waals surface area (Å²) in [5, 5.41) is 4.72. The Labute approximate surface area is 296 Å². The van der Waals surface area contributed by atoms with Crippen LogP contribution >= 0.6 is 0 Å². The normalized spacial score (nSPS) is 12.4. The average Bonchev–Trinajstić information content (AvgIpc) is 3.80. The molecule has 0 radical (unpaired) electrons. The first-order chi connectivity index (χ1) is 25.3. The number of benzene rings is 8. The van der Waals surface area contributed by atoms with Gasteiger partial charge in [0.2, 0.25) is 0 Å². The van der Waals surface area contributed by atoms with Gasteiger partial charge in [0.05, 0.1) is 11.4 Å². The largest absolute Gasteiger partial charge is 0.456 e. The molecule has 8 aromatic carbocycles. The van der Waals surface area contributed by atoms with Gasteiger partial charge >= 0.3 is 0 Å². The van der Waals surface area contributed by atoms with E-state index in [1.807, 2.05) is 6.07 Å². The summed E-state index contributed by atoms with van der Waals surface area (Å²) in [7, 11) is 0. The van der Waals surface area contributed by atoms with Crippen LogP contribution in [0.2, 0.25) is 0 Å². The van der Waals surface area contributed by atoms with Crippen molar-refractivity contribution in [2.24, 2.45) is 4.99 Å². The van der Waals surface area contributed by atoms with Gasteiger partial charge in [0.15, 0.2) is 0 Å². The number of rotatable bonds is 6. The quantitative estimate of drug-likeness (QED) is 0.179. The third-order valence-electron chi connectivity index (χ3n) is 10.1. The molecule has 0 saturated carbocycles. The number of furan rings is 1. The lowest BCUT2D eigenvalue weighted by molar-refractivity contribution is 0.668. The van der Waals surface area contributed by atoms with E-state index >= 15 is 0 Å². The van der Waals surface area contributed by atoms with Crippen molar-refractivity contribution < 1.29 is 4.42 Å². The van der Waals surface area contributed by atoms with E-state index < -0.39 is 0 Å². The number of hydrogen-bond acceptors (Lipinski definition) is 3. The lowest BCUT2D eigenvalue weighted by Crippen LogP contribution is -2.09. The van der Waals surface area contributed by atoms with E-state index in [0.717, 1.165) is 73.5 Å². The van der Waals surface area contributed by atoms with Crippen LogP contribution < -0.4 is 4.90 Å². The zero-order valence-corrected chi connectivity index (χ0v) is 27.8. The lowest BCUT2D eigenvalue weighted by Gasteiger charge is -2.26. The molecule has 0 atom stereocenters. The van der Waals surface area contributed by atoms with E-state index in [9.17, 15) is 0 Å². The Kier molecular flexibility index (Phi) is 6.88. The second-order valence-corrected chi connectivity index (χ2v) is 13.1. The number of aliphatic imine (C=N–C) groups is 1. The van der Waals surface area contributed by atoms with Crippen molar-refractivity contribution in [3.8, 4) is 22.3 Å². The molecule has 0 spiro atoms. The highest BCUT2D eigenvalue weighted by atomic mass is 16.3. The standard InChI is InChI=1S/C48H32N2O/c1-3-13-34(14-4-1)43-30-36-31-45-47(42-19-9-10-21-44(42)51-45)46(48(36)49-43)35-24-28-39(29-25-35)50(37-16-5-2-6-17-37)38-26-22-33(23-27-38)41-20-11-15-32-12-7-8-18-40(32)41/h1-29,31H,30H2. The minimum atomic E-state index is 0.772. The molecule has 0 bridgehead atoms. The third-order valence-corrected chi connectivity index (χ3v) is 10.1. The topological polar surface area (TPSA) is 28.7 Å². The second kappa shape index (κ2) is 12.0. The highest BCUT2D eigenvalue weighted by molar-refractivity contribution is 6.19. The van der Waals surface area contributed by atoms with E-state index in [0.29, 0.717) is 0 Å². The monoisotopic (exact) mass is 652 g/mol. The molecule has 0 amide bonds. The van der Waals surface area contributed by atoms with Crippen LogP contribution in [0.1, 0.15) is 11.1 Å². The van der Waals surface area contributed by atoms with Gasteiger partial charge in [0.25, 0.3) is 0 Å². The fourth-order valence-electron chi connectivity index (χ4n) is 7.69. The predicted octanol–water partition coefficient (Wildman–Crippen LogP) is 13.2. The summed E-state index contributed by atoms with van der Waals surface area (Å²) in [6.07, 6.45) is 0.772. The molecular formula is C48H32N2O. The van der Waals surface area contributed by atoms with Crippen molar-refractivity contribution in [2.75, 3.05) is 4.90 Å². The summed E-state index contributed by atoms with van der Waals surface area (Å²) in [5.74, 6) is 0. The fourth-order valence-corrected chi connectivity index (χ4v) is 7.69. The Hall–Kier alpha value is -6.71. The number of hydrogen-bond donors (Lipinski definition) is 0. The predicted molar refractivity (Wildman–Crippen MR) is 213 cm³/mol. The first kappa shape index (κ1) is 29.2. The Morgan fingerprint density at radius 2 is 1.08 bits per heavy atom. The van der Waals surface area contributed by atoms with E-state index in [-0.39, 0.29) is 0 Å². The van der Waals surface area contributed by atoms with Gasteiger partial charge in [-0.15, -0.1) is 0 Å². The van der Waals surface area contributed by atoms with Crippen LogP contribution in [0.25, 0.3) is 55.0 Å². The van der Waals surface area contributed by atoms with Gasteiger partial charge in [0, 0.05) is 39.8 Å². The van der Waals surface area contributed by atoms with Gasteiger partial charge < -0.3 is 9.32 Å². The summed E-state index contributed by atoms with van der Waals surface area (Å²) < 4.78 is 6.46.